The highest BCUT2D eigenvalue weighted by Crippen LogP contribution is 2.58. The van der Waals surface area contributed by atoms with Crippen LogP contribution < -0.4 is 10.1 Å². The molecule has 0 aromatic heterocycles. The maximum Gasteiger partial charge on any atom is 0.324 e. The molecule has 0 bridgehead atoms. The Morgan fingerprint density at radius 1 is 1.08 bits per heavy atom. The number of aliphatic hydroxyl groups is 1. The van der Waals surface area contributed by atoms with Gasteiger partial charge in [0.1, 0.15) is 11.2 Å². The van der Waals surface area contributed by atoms with Crippen molar-refractivity contribution in [2.45, 2.75) is 88.8 Å². The smallest absolute Gasteiger partial charge is 0.324 e. The predicted octanol–water partition coefficient (Wildman–Crippen LogP) is 6.22. The van der Waals surface area contributed by atoms with E-state index in [1.54, 1.807) is 18.2 Å². The Kier molecular flexibility index (Phi) is 7.21. The number of carbonyl (C=O) groups is 2. The van der Waals surface area contributed by atoms with Crippen LogP contribution in [0.1, 0.15) is 76.3 Å². The van der Waals surface area contributed by atoms with E-state index in [0.29, 0.717) is 28.6 Å². The van der Waals surface area contributed by atoms with Gasteiger partial charge in [0.05, 0.1) is 12.1 Å². The van der Waals surface area contributed by atoms with Gasteiger partial charge in [0, 0.05) is 34.0 Å². The molecule has 0 amide bonds. The van der Waals surface area contributed by atoms with Crippen LogP contribution in [0.2, 0.25) is 10.0 Å². The minimum Gasteiger partial charge on any atom is -0.425 e. The van der Waals surface area contributed by atoms with Gasteiger partial charge in [0.15, 0.2) is 5.78 Å². The summed E-state index contributed by atoms with van der Waals surface area (Å²) in [7, 11) is 0. The van der Waals surface area contributed by atoms with Crippen LogP contribution in [0.5, 0.6) is 5.75 Å². The standard InChI is InChI=1S/C30H35Cl2NO4/c1-29(2,3)16-25-30(22-12-9-20(32)15-24(22)37-28(30)36)26(18-5-4-6-19(31)14-18)27(33-25)23(35)13-17-7-10-21(34)11-8-17/h4-6,9,12,14-15,17,21,25-27,33-34H,7-8,10-11,13,16H2,1-3H3/t17?,21?,25-,26+,27+,30+/m1/s1. The summed E-state index contributed by atoms with van der Waals surface area (Å²) in [6.07, 6.45) is 3.94. The van der Waals surface area contributed by atoms with E-state index >= 15 is 0 Å². The molecule has 0 radical (unpaired) electrons. The highest BCUT2D eigenvalue weighted by Gasteiger charge is 2.67. The normalized spacial score (nSPS) is 31.4. The van der Waals surface area contributed by atoms with Gasteiger partial charge in [-0.2, -0.15) is 0 Å². The molecule has 1 spiro atoms. The second kappa shape index (κ2) is 10.00. The molecule has 2 aliphatic heterocycles. The number of halogens is 2. The zero-order chi connectivity index (χ0) is 26.5. The number of nitrogens with one attached hydrogen (secondary N) is 1. The highest BCUT2D eigenvalue weighted by molar-refractivity contribution is 6.31. The quantitative estimate of drug-likeness (QED) is 0.345. The van der Waals surface area contributed by atoms with Gasteiger partial charge in [-0.3, -0.25) is 9.59 Å². The molecule has 7 heteroatoms. The van der Waals surface area contributed by atoms with Crippen molar-refractivity contribution >= 4 is 35.0 Å². The molecule has 1 aliphatic carbocycles. The Bertz CT molecular complexity index is 1200. The number of aliphatic hydroxyl groups excluding tert-OH is 1. The van der Waals surface area contributed by atoms with Gasteiger partial charge in [0.2, 0.25) is 0 Å². The first kappa shape index (κ1) is 26.7. The van der Waals surface area contributed by atoms with Crippen molar-refractivity contribution in [2.75, 3.05) is 0 Å². The largest absolute Gasteiger partial charge is 0.425 e. The summed E-state index contributed by atoms with van der Waals surface area (Å²) in [4.78, 5) is 28.1. The number of ketones is 1. The lowest BCUT2D eigenvalue weighted by molar-refractivity contribution is -0.139. The number of rotatable bonds is 5. The molecule has 5 nitrogen and oxygen atoms in total. The number of benzene rings is 2. The fraction of sp³-hybridized carbons (Fsp3) is 0.533. The molecule has 2 aromatic rings. The molecule has 1 saturated carbocycles. The predicted molar refractivity (Wildman–Crippen MR) is 145 cm³/mol. The first-order valence-electron chi connectivity index (χ1n) is 13.2. The maximum atomic E-state index is 14.1. The minimum absolute atomic E-state index is 0.0948. The minimum atomic E-state index is -1.10. The number of Topliss-reactive ketones (excluding diaryl/α,β-unsaturated/α-hetero) is 1. The van der Waals surface area contributed by atoms with Crippen LogP contribution in [0.15, 0.2) is 42.5 Å². The summed E-state index contributed by atoms with van der Waals surface area (Å²) in [5.41, 5.74) is 0.399. The molecule has 37 heavy (non-hydrogen) atoms. The first-order chi connectivity index (χ1) is 17.5. The SMILES string of the molecule is CC(C)(C)C[C@H]1N[C@@H](C(=O)CC2CCC(O)CC2)[C@H](c2cccc(Cl)c2)[C@@]12C(=O)Oc1cc(Cl)ccc12. The van der Waals surface area contributed by atoms with E-state index in [9.17, 15) is 14.7 Å². The molecule has 4 atom stereocenters. The van der Waals surface area contributed by atoms with Crippen LogP contribution in [-0.4, -0.2) is 35.0 Å². The van der Waals surface area contributed by atoms with E-state index in [0.717, 1.165) is 36.8 Å². The van der Waals surface area contributed by atoms with Crippen molar-refractivity contribution in [2.24, 2.45) is 11.3 Å². The van der Waals surface area contributed by atoms with Crippen molar-refractivity contribution in [3.05, 3.63) is 63.6 Å². The van der Waals surface area contributed by atoms with Crippen LogP contribution in [0, 0.1) is 11.3 Å². The van der Waals surface area contributed by atoms with Crippen molar-refractivity contribution in [3.8, 4) is 5.75 Å². The van der Waals surface area contributed by atoms with E-state index < -0.39 is 17.4 Å². The number of ether oxygens (including phenoxy) is 1. The van der Waals surface area contributed by atoms with E-state index in [-0.39, 0.29) is 35.2 Å². The second-order valence-corrected chi connectivity index (χ2v) is 13.1. The monoisotopic (exact) mass is 543 g/mol. The molecule has 2 N–H and O–H groups in total. The third kappa shape index (κ3) is 4.96. The molecule has 2 aromatic carbocycles. The lowest BCUT2D eigenvalue weighted by Gasteiger charge is -2.36. The number of fused-ring (bicyclic) bond motifs is 2. The van der Waals surface area contributed by atoms with Gasteiger partial charge in [-0.05, 0) is 73.3 Å². The molecule has 2 fully saturated rings. The Morgan fingerprint density at radius 2 is 1.78 bits per heavy atom. The summed E-state index contributed by atoms with van der Waals surface area (Å²) in [5.74, 6) is -0.0587. The number of esters is 1. The molecule has 2 heterocycles. The van der Waals surface area contributed by atoms with Gasteiger partial charge in [0.25, 0.3) is 0 Å². The fourth-order valence-electron chi connectivity index (χ4n) is 6.79. The molecule has 198 valence electrons. The summed E-state index contributed by atoms with van der Waals surface area (Å²) < 4.78 is 5.91. The Balaban J connectivity index is 1.64. The van der Waals surface area contributed by atoms with E-state index in [1.807, 2.05) is 24.3 Å². The maximum absolute atomic E-state index is 14.1. The molecular weight excluding hydrogens is 509 g/mol. The summed E-state index contributed by atoms with van der Waals surface area (Å²) in [5, 5.41) is 14.7. The Hall–Kier alpha value is -1.92. The second-order valence-electron chi connectivity index (χ2n) is 12.2. The zero-order valence-electron chi connectivity index (χ0n) is 21.6. The first-order valence-corrected chi connectivity index (χ1v) is 14.0. The van der Waals surface area contributed by atoms with Crippen LogP contribution >= 0.6 is 23.2 Å². The lowest BCUT2D eigenvalue weighted by atomic mass is 9.62. The molecule has 1 saturated heterocycles. The van der Waals surface area contributed by atoms with Crippen LogP contribution in [0.25, 0.3) is 0 Å². The average Bonchev–Trinajstić information content (AvgIpc) is 3.29. The number of hydrogen-bond donors (Lipinski definition) is 2. The molecule has 5 rings (SSSR count). The summed E-state index contributed by atoms with van der Waals surface area (Å²) >= 11 is 12.7. The van der Waals surface area contributed by atoms with Crippen LogP contribution in [0.3, 0.4) is 0 Å². The molecule has 3 aliphatic rings. The van der Waals surface area contributed by atoms with E-state index in [2.05, 4.69) is 26.1 Å². The van der Waals surface area contributed by atoms with Crippen LogP contribution in [-0.2, 0) is 15.0 Å². The van der Waals surface area contributed by atoms with Crippen molar-refractivity contribution in [3.63, 3.8) is 0 Å². The van der Waals surface area contributed by atoms with Crippen molar-refractivity contribution in [1.82, 2.24) is 5.32 Å². The Labute approximate surface area is 228 Å². The van der Waals surface area contributed by atoms with Gasteiger partial charge < -0.3 is 15.2 Å². The molecular formula is C30H35Cl2NO4. The van der Waals surface area contributed by atoms with Gasteiger partial charge in [-0.1, -0.05) is 62.2 Å². The van der Waals surface area contributed by atoms with Gasteiger partial charge in [-0.15, -0.1) is 0 Å². The van der Waals surface area contributed by atoms with E-state index in [4.69, 9.17) is 27.9 Å². The van der Waals surface area contributed by atoms with Crippen molar-refractivity contribution < 1.29 is 19.4 Å². The molecule has 0 unspecified atom stereocenters. The average molecular weight is 545 g/mol. The van der Waals surface area contributed by atoms with Gasteiger partial charge in [-0.25, -0.2) is 0 Å². The topological polar surface area (TPSA) is 75.6 Å². The van der Waals surface area contributed by atoms with Crippen LogP contribution in [0.4, 0.5) is 0 Å². The highest BCUT2D eigenvalue weighted by atomic mass is 35.5. The lowest BCUT2D eigenvalue weighted by Crippen LogP contribution is -2.49. The van der Waals surface area contributed by atoms with Crippen molar-refractivity contribution in [1.29, 1.82) is 0 Å². The van der Waals surface area contributed by atoms with E-state index in [1.165, 1.54) is 0 Å². The number of hydrogen-bond acceptors (Lipinski definition) is 5. The zero-order valence-corrected chi connectivity index (χ0v) is 23.1. The number of carbonyl (C=O) groups excluding carboxylic acids is 2. The third-order valence-corrected chi connectivity index (χ3v) is 8.83. The summed E-state index contributed by atoms with van der Waals surface area (Å²) in [6, 6.07) is 12.0. The third-order valence-electron chi connectivity index (χ3n) is 8.36. The van der Waals surface area contributed by atoms with Gasteiger partial charge >= 0.3 is 5.97 Å². The fourth-order valence-corrected chi connectivity index (χ4v) is 7.15. The Morgan fingerprint density at radius 3 is 2.46 bits per heavy atom. The summed E-state index contributed by atoms with van der Waals surface area (Å²) in [6.45, 7) is 6.42.